The highest BCUT2D eigenvalue weighted by atomic mass is 32.1. The van der Waals surface area contributed by atoms with Crippen molar-refractivity contribution in [1.29, 1.82) is 0 Å². The molecule has 2 aromatic heterocycles. The number of aryl methyl sites for hydroxylation is 2. The fourth-order valence-corrected chi connectivity index (χ4v) is 5.62. The molecule has 9 nitrogen and oxygen atoms in total. The van der Waals surface area contributed by atoms with Crippen LogP contribution in [0.15, 0.2) is 58.8 Å². The molecular weight excluding hydrogens is 516 g/mol. The fraction of sp³-hybridized carbons (Fsp3) is 0.296. The lowest BCUT2D eigenvalue weighted by Gasteiger charge is -2.15. The van der Waals surface area contributed by atoms with Gasteiger partial charge in [-0.25, -0.2) is 0 Å². The molecule has 1 aliphatic heterocycles. The van der Waals surface area contributed by atoms with E-state index in [9.17, 15) is 4.79 Å². The van der Waals surface area contributed by atoms with Crippen molar-refractivity contribution in [3.8, 4) is 0 Å². The number of thiophene rings is 1. The average molecular weight is 547 g/mol. The Bertz CT molecular complexity index is 1460. The van der Waals surface area contributed by atoms with Gasteiger partial charge < -0.3 is 15.6 Å². The van der Waals surface area contributed by atoms with Crippen molar-refractivity contribution in [2.45, 2.75) is 40.0 Å². The molecule has 1 fully saturated rings. The molecule has 0 aliphatic carbocycles. The summed E-state index contributed by atoms with van der Waals surface area (Å²) < 4.78 is 4.15. The normalized spacial score (nSPS) is 13.3. The van der Waals surface area contributed by atoms with Crippen LogP contribution < -0.4 is 21.1 Å². The molecule has 0 bridgehead atoms. The molecule has 11 heteroatoms. The molecule has 0 saturated carbocycles. The molecule has 0 spiro atoms. The second-order valence-corrected chi connectivity index (χ2v) is 11.1. The Balaban J connectivity index is 1.17. The molecular formula is C27H30N8OS2. The number of hydrazine groups is 1. The zero-order chi connectivity index (χ0) is 26.5. The second-order valence-electron chi connectivity index (χ2n) is 9.31. The van der Waals surface area contributed by atoms with Gasteiger partial charge in [-0.05, 0) is 93.3 Å². The van der Waals surface area contributed by atoms with Crippen LogP contribution in [0, 0.1) is 13.8 Å². The Hall–Kier alpha value is -3.83. The third-order valence-electron chi connectivity index (χ3n) is 6.15. The van der Waals surface area contributed by atoms with Gasteiger partial charge in [0.15, 0.2) is 5.82 Å². The summed E-state index contributed by atoms with van der Waals surface area (Å²) in [6.45, 7) is 7.90. The van der Waals surface area contributed by atoms with E-state index >= 15 is 0 Å². The number of Topliss-reactive ketones (excluding diaryl/α,β-unsaturated/α-hetero) is 1. The van der Waals surface area contributed by atoms with E-state index in [1.807, 2.05) is 25.1 Å². The van der Waals surface area contributed by atoms with E-state index < -0.39 is 0 Å². The molecule has 0 amide bonds. The van der Waals surface area contributed by atoms with Crippen LogP contribution in [0.5, 0.6) is 0 Å². The van der Waals surface area contributed by atoms with Gasteiger partial charge in [0.05, 0.1) is 22.8 Å². The van der Waals surface area contributed by atoms with Crippen LogP contribution in [-0.4, -0.2) is 28.2 Å². The first-order chi connectivity index (χ1) is 18.4. The van der Waals surface area contributed by atoms with Crippen molar-refractivity contribution in [2.75, 3.05) is 34.2 Å². The lowest BCUT2D eigenvalue weighted by Crippen LogP contribution is -2.15. The molecule has 0 atom stereocenters. The predicted molar refractivity (Wildman–Crippen MR) is 157 cm³/mol. The molecule has 1 saturated heterocycles. The van der Waals surface area contributed by atoms with Crippen molar-refractivity contribution in [2.24, 2.45) is 10.2 Å². The van der Waals surface area contributed by atoms with Crippen molar-refractivity contribution < 1.29 is 4.79 Å². The number of carbonyl (C=O) groups is 1. The first-order valence-electron chi connectivity index (χ1n) is 12.5. The largest absolute Gasteiger partial charge is 0.363 e. The number of carbonyl (C=O) groups excluding carboxylic acids is 1. The minimum absolute atomic E-state index is 0.0211. The molecule has 3 heterocycles. The summed E-state index contributed by atoms with van der Waals surface area (Å²) in [5, 5.41) is 14.9. The van der Waals surface area contributed by atoms with Crippen LogP contribution in [0.3, 0.4) is 0 Å². The van der Waals surface area contributed by atoms with E-state index in [4.69, 9.17) is 0 Å². The standard InChI is InChI=1S/C27H30N8OS2/c1-17-15-21(30-32-25-10-11-26(37-25)35-12-4-5-13-35)7-8-22(17)28-20-6-9-23(18(2)14-20)31-33-27-29-24(34-38-27)16-19(3)36/h6-11,14-15,28,30,32H,4-5,12-13,16H2,1-3H3. The Labute approximate surface area is 230 Å². The van der Waals surface area contributed by atoms with Crippen LogP contribution in [0.2, 0.25) is 0 Å². The highest BCUT2D eigenvalue weighted by molar-refractivity contribution is 7.20. The number of azo groups is 1. The molecule has 5 rings (SSSR count). The third kappa shape index (κ3) is 6.53. The number of nitrogens with one attached hydrogen (secondary N) is 3. The van der Waals surface area contributed by atoms with Crippen molar-refractivity contribution in [3.05, 3.63) is 65.5 Å². The van der Waals surface area contributed by atoms with E-state index in [1.165, 1.54) is 24.8 Å². The Morgan fingerprint density at radius 3 is 2.53 bits per heavy atom. The Morgan fingerprint density at radius 1 is 0.974 bits per heavy atom. The highest BCUT2D eigenvalue weighted by Crippen LogP contribution is 2.33. The molecule has 2 aromatic carbocycles. The maximum Gasteiger partial charge on any atom is 0.249 e. The van der Waals surface area contributed by atoms with Gasteiger partial charge in [-0.2, -0.15) is 9.36 Å². The number of benzene rings is 2. The van der Waals surface area contributed by atoms with Crippen molar-refractivity contribution in [1.82, 2.24) is 9.36 Å². The topological polar surface area (TPSA) is 107 Å². The van der Waals surface area contributed by atoms with Crippen molar-refractivity contribution >= 4 is 66.5 Å². The number of aromatic nitrogens is 2. The summed E-state index contributed by atoms with van der Waals surface area (Å²) in [6, 6.07) is 16.5. The lowest BCUT2D eigenvalue weighted by atomic mass is 10.1. The molecule has 196 valence electrons. The first kappa shape index (κ1) is 25.8. The van der Waals surface area contributed by atoms with Crippen LogP contribution in [0.4, 0.5) is 37.9 Å². The number of rotatable bonds is 10. The third-order valence-corrected chi connectivity index (χ3v) is 7.85. The quantitative estimate of drug-likeness (QED) is 0.139. The minimum Gasteiger partial charge on any atom is -0.363 e. The van der Waals surface area contributed by atoms with E-state index in [1.54, 1.807) is 11.3 Å². The number of ketones is 1. The van der Waals surface area contributed by atoms with E-state index in [0.717, 1.165) is 63.5 Å². The number of hydrogen-bond acceptors (Lipinski definition) is 11. The molecule has 4 aromatic rings. The Kier molecular flexibility index (Phi) is 7.94. The zero-order valence-electron chi connectivity index (χ0n) is 21.6. The smallest absolute Gasteiger partial charge is 0.249 e. The van der Waals surface area contributed by atoms with Crippen LogP contribution in [0.1, 0.15) is 36.7 Å². The fourth-order valence-electron chi connectivity index (χ4n) is 4.20. The van der Waals surface area contributed by atoms with Crippen LogP contribution in [-0.2, 0) is 11.2 Å². The van der Waals surface area contributed by atoms with Gasteiger partial charge in [0.1, 0.15) is 10.8 Å². The van der Waals surface area contributed by atoms with E-state index in [-0.39, 0.29) is 12.2 Å². The van der Waals surface area contributed by atoms with Crippen molar-refractivity contribution in [3.63, 3.8) is 0 Å². The van der Waals surface area contributed by atoms with Crippen LogP contribution >= 0.6 is 22.9 Å². The summed E-state index contributed by atoms with van der Waals surface area (Å²) >= 11 is 2.91. The highest BCUT2D eigenvalue weighted by Gasteiger charge is 2.14. The number of hydrogen-bond donors (Lipinski definition) is 3. The monoisotopic (exact) mass is 546 g/mol. The zero-order valence-corrected chi connectivity index (χ0v) is 23.2. The summed E-state index contributed by atoms with van der Waals surface area (Å²) in [7, 11) is 0. The van der Waals surface area contributed by atoms with Gasteiger partial charge >= 0.3 is 0 Å². The summed E-state index contributed by atoms with van der Waals surface area (Å²) in [4.78, 5) is 17.9. The van der Waals surface area contributed by atoms with Crippen LogP contribution in [0.25, 0.3) is 0 Å². The van der Waals surface area contributed by atoms with Gasteiger partial charge in [-0.15, -0.1) is 10.2 Å². The lowest BCUT2D eigenvalue weighted by molar-refractivity contribution is -0.116. The maximum absolute atomic E-state index is 11.2. The average Bonchev–Trinajstić information content (AvgIpc) is 3.66. The van der Waals surface area contributed by atoms with E-state index in [2.05, 4.69) is 77.9 Å². The molecule has 3 N–H and O–H groups in total. The number of nitrogens with zero attached hydrogens (tertiary/aromatic N) is 5. The molecule has 1 aliphatic rings. The van der Waals surface area contributed by atoms with Gasteiger partial charge in [-0.3, -0.25) is 10.2 Å². The summed E-state index contributed by atoms with van der Waals surface area (Å²) in [5.41, 5.74) is 12.5. The van der Waals surface area contributed by atoms with Gasteiger partial charge in [-0.1, -0.05) is 11.3 Å². The van der Waals surface area contributed by atoms with Gasteiger partial charge in [0, 0.05) is 36.0 Å². The SMILES string of the molecule is CC(=O)Cc1nsc(N=Nc2ccc(Nc3ccc(NNc4ccc(N5CCCC5)s4)cc3C)cc2C)n1. The summed E-state index contributed by atoms with van der Waals surface area (Å²) in [6.07, 6.45) is 2.78. The molecule has 0 unspecified atom stereocenters. The van der Waals surface area contributed by atoms with Gasteiger partial charge in [0.2, 0.25) is 5.13 Å². The predicted octanol–water partition coefficient (Wildman–Crippen LogP) is 7.55. The minimum atomic E-state index is 0.0211. The Morgan fingerprint density at radius 2 is 1.76 bits per heavy atom. The first-order valence-corrected chi connectivity index (χ1v) is 14.1. The maximum atomic E-state index is 11.2. The van der Waals surface area contributed by atoms with E-state index in [0.29, 0.717) is 11.0 Å². The number of anilines is 5. The summed E-state index contributed by atoms with van der Waals surface area (Å²) in [5.74, 6) is 0.506. The molecule has 0 radical (unpaired) electrons. The van der Waals surface area contributed by atoms with Gasteiger partial charge in [0.25, 0.3) is 0 Å². The second kappa shape index (κ2) is 11.7. The molecule has 38 heavy (non-hydrogen) atoms.